The number of nitrogens with one attached hydrogen (secondary N) is 1. The molecule has 3 unspecified atom stereocenters. The van der Waals surface area contributed by atoms with Gasteiger partial charge in [-0.1, -0.05) is 26.8 Å². The molecule has 0 bridgehead atoms. The molecule has 0 spiro atoms. The van der Waals surface area contributed by atoms with E-state index in [-0.39, 0.29) is 0 Å². The summed E-state index contributed by atoms with van der Waals surface area (Å²) in [7, 11) is 0. The summed E-state index contributed by atoms with van der Waals surface area (Å²) in [4.78, 5) is 11.0. The number of hydrogen-bond donors (Lipinski definition) is 1. The van der Waals surface area contributed by atoms with Crippen LogP contribution in [0.15, 0.2) is 24.5 Å². The predicted octanol–water partition coefficient (Wildman–Crippen LogP) is 5.31. The molecule has 33 heavy (non-hydrogen) atoms. The van der Waals surface area contributed by atoms with Crippen LogP contribution in [0.25, 0.3) is 10.9 Å². The smallest absolute Gasteiger partial charge is 0.138 e. The summed E-state index contributed by atoms with van der Waals surface area (Å²) in [5, 5.41) is 6.00. The topological polar surface area (TPSA) is 59.0 Å². The number of hydrogen-bond acceptors (Lipinski definition) is 4. The molecule has 3 aromatic rings. The summed E-state index contributed by atoms with van der Waals surface area (Å²) in [6.45, 7) is 13.5. The summed E-state index contributed by atoms with van der Waals surface area (Å²) in [6, 6.07) is 8.20. The second-order valence-electron chi connectivity index (χ2n) is 11.0. The summed E-state index contributed by atoms with van der Waals surface area (Å²) in [5.41, 5.74) is 5.72. The normalized spacial score (nSPS) is 27.2. The number of nitrogens with zero attached hydrogens (tertiary/aromatic N) is 4. The molecule has 2 aromatic heterocycles. The van der Waals surface area contributed by atoms with Gasteiger partial charge in [0.1, 0.15) is 12.2 Å². The highest BCUT2D eigenvalue weighted by Gasteiger charge is 2.36. The van der Waals surface area contributed by atoms with E-state index in [4.69, 9.17) is 4.74 Å². The summed E-state index contributed by atoms with van der Waals surface area (Å²) < 4.78 is 7.56. The van der Waals surface area contributed by atoms with Crippen LogP contribution in [-0.2, 0) is 4.74 Å². The van der Waals surface area contributed by atoms with E-state index < -0.39 is 0 Å². The Morgan fingerprint density at radius 3 is 2.61 bits per heavy atom. The summed E-state index contributed by atoms with van der Waals surface area (Å²) in [5.74, 6) is 3.11. The number of benzene rings is 1. The van der Waals surface area contributed by atoms with Crippen molar-refractivity contribution in [3.63, 3.8) is 0 Å². The van der Waals surface area contributed by atoms with E-state index in [2.05, 4.69) is 70.5 Å². The Morgan fingerprint density at radius 2 is 1.91 bits per heavy atom. The second-order valence-corrected chi connectivity index (χ2v) is 11.0. The van der Waals surface area contributed by atoms with Gasteiger partial charge in [-0.25, -0.2) is 9.67 Å². The molecule has 0 radical (unpaired) electrons. The number of aromatic amines is 1. The lowest BCUT2D eigenvalue weighted by atomic mass is 9.80. The van der Waals surface area contributed by atoms with E-state index in [1.165, 1.54) is 53.7 Å². The first-order valence-electron chi connectivity index (χ1n) is 12.9. The summed E-state index contributed by atoms with van der Waals surface area (Å²) >= 11 is 0. The Kier molecular flexibility index (Phi) is 5.33. The SMILES string of the molecule is CC(C)c1c(C2CC(C)c3ncnn3C2C)[nH]c2ccc(C3CCN(C4COC4)CC3)cc12. The molecule has 176 valence electrons. The number of rotatable bonds is 4. The molecule has 0 amide bonds. The zero-order chi connectivity index (χ0) is 22.7. The van der Waals surface area contributed by atoms with Gasteiger partial charge in [0.05, 0.1) is 25.3 Å². The third kappa shape index (κ3) is 3.53. The van der Waals surface area contributed by atoms with Crippen LogP contribution in [0.3, 0.4) is 0 Å². The monoisotopic (exact) mass is 447 g/mol. The van der Waals surface area contributed by atoms with Crippen molar-refractivity contribution in [2.24, 2.45) is 0 Å². The first-order valence-corrected chi connectivity index (χ1v) is 12.9. The minimum absolute atomic E-state index is 0.309. The maximum atomic E-state index is 5.41. The van der Waals surface area contributed by atoms with Crippen molar-refractivity contribution in [3.8, 4) is 0 Å². The average molecular weight is 448 g/mol. The van der Waals surface area contributed by atoms with Crippen molar-refractivity contribution < 1.29 is 4.74 Å². The first kappa shape index (κ1) is 21.4. The van der Waals surface area contributed by atoms with Crippen molar-refractivity contribution in [3.05, 3.63) is 47.2 Å². The Hall–Kier alpha value is -2.18. The van der Waals surface area contributed by atoms with Crippen molar-refractivity contribution in [1.82, 2.24) is 24.6 Å². The van der Waals surface area contributed by atoms with E-state index in [0.29, 0.717) is 35.8 Å². The van der Waals surface area contributed by atoms with Gasteiger partial charge >= 0.3 is 0 Å². The van der Waals surface area contributed by atoms with Crippen molar-refractivity contribution in [1.29, 1.82) is 0 Å². The third-order valence-corrected chi connectivity index (χ3v) is 8.60. The highest BCUT2D eigenvalue weighted by atomic mass is 16.5. The van der Waals surface area contributed by atoms with Gasteiger partial charge in [0, 0.05) is 28.4 Å². The minimum atomic E-state index is 0.309. The van der Waals surface area contributed by atoms with Gasteiger partial charge in [-0.15, -0.1) is 0 Å². The largest absolute Gasteiger partial charge is 0.378 e. The standard InChI is InChI=1S/C27H37N5O/c1-16(2)25-23-12-20(19-7-9-31(10-8-19)21-13-33-14-21)5-6-24(23)30-26(25)22-11-17(3)27-28-15-29-32(27)18(22)4/h5-6,12,15-19,21-22,30H,7-11,13-14H2,1-4H3. The van der Waals surface area contributed by atoms with E-state index in [9.17, 15) is 0 Å². The molecule has 3 atom stereocenters. The molecule has 3 aliphatic rings. The van der Waals surface area contributed by atoms with Gasteiger partial charge in [-0.2, -0.15) is 5.10 Å². The van der Waals surface area contributed by atoms with Crippen molar-refractivity contribution in [2.45, 2.75) is 82.7 Å². The van der Waals surface area contributed by atoms with Crippen LogP contribution < -0.4 is 0 Å². The number of ether oxygens (including phenoxy) is 1. The molecule has 6 nitrogen and oxygen atoms in total. The fourth-order valence-corrected chi connectivity index (χ4v) is 6.59. The lowest BCUT2D eigenvalue weighted by molar-refractivity contribution is -0.0712. The number of H-pyrrole nitrogens is 1. The lowest BCUT2D eigenvalue weighted by Gasteiger charge is -2.41. The molecule has 3 aliphatic heterocycles. The zero-order valence-corrected chi connectivity index (χ0v) is 20.4. The molecule has 1 aromatic carbocycles. The molecule has 0 aliphatic carbocycles. The molecule has 2 fully saturated rings. The minimum Gasteiger partial charge on any atom is -0.378 e. The zero-order valence-electron chi connectivity index (χ0n) is 20.4. The molecule has 6 rings (SSSR count). The Balaban J connectivity index is 1.32. The van der Waals surface area contributed by atoms with E-state index in [0.717, 1.165) is 25.5 Å². The summed E-state index contributed by atoms with van der Waals surface area (Å²) in [6.07, 6.45) is 5.34. The Labute approximate surface area is 196 Å². The van der Waals surface area contributed by atoms with Crippen molar-refractivity contribution in [2.75, 3.05) is 26.3 Å². The average Bonchev–Trinajstić information content (AvgIpc) is 3.40. The maximum Gasteiger partial charge on any atom is 0.138 e. The van der Waals surface area contributed by atoms with Crippen molar-refractivity contribution >= 4 is 10.9 Å². The molecular weight excluding hydrogens is 410 g/mol. The van der Waals surface area contributed by atoms with Gasteiger partial charge in [0.15, 0.2) is 0 Å². The van der Waals surface area contributed by atoms with Crippen LogP contribution in [0, 0.1) is 0 Å². The van der Waals surface area contributed by atoms with Gasteiger partial charge in [-0.05, 0) is 74.4 Å². The first-order chi connectivity index (χ1) is 16.0. The van der Waals surface area contributed by atoms with Crippen LogP contribution in [0.1, 0.15) is 99.3 Å². The molecule has 2 saturated heterocycles. The number of aromatic nitrogens is 4. The number of piperidine rings is 1. The fraction of sp³-hybridized carbons (Fsp3) is 0.630. The number of fused-ring (bicyclic) bond motifs is 2. The van der Waals surface area contributed by atoms with Crippen LogP contribution >= 0.6 is 0 Å². The van der Waals surface area contributed by atoms with Crippen LogP contribution in [0.5, 0.6) is 0 Å². The van der Waals surface area contributed by atoms with Gasteiger partial charge < -0.3 is 9.72 Å². The van der Waals surface area contributed by atoms with Crippen LogP contribution in [0.4, 0.5) is 0 Å². The molecule has 1 N–H and O–H groups in total. The van der Waals surface area contributed by atoms with Crippen LogP contribution in [0.2, 0.25) is 0 Å². The quantitative estimate of drug-likeness (QED) is 0.589. The molecular formula is C27H37N5O. The lowest BCUT2D eigenvalue weighted by Crippen LogP contribution is -2.51. The fourth-order valence-electron chi connectivity index (χ4n) is 6.59. The molecule has 0 saturated carbocycles. The molecule has 5 heterocycles. The Bertz CT molecular complexity index is 1130. The predicted molar refractivity (Wildman–Crippen MR) is 131 cm³/mol. The van der Waals surface area contributed by atoms with E-state index in [1.807, 2.05) is 0 Å². The van der Waals surface area contributed by atoms with E-state index in [1.54, 1.807) is 6.33 Å². The second kappa shape index (κ2) is 8.24. The van der Waals surface area contributed by atoms with E-state index >= 15 is 0 Å². The third-order valence-electron chi connectivity index (χ3n) is 8.60. The Morgan fingerprint density at radius 1 is 1.12 bits per heavy atom. The molecule has 6 heteroatoms. The number of likely N-dealkylation sites (tertiary alicyclic amines) is 1. The maximum absolute atomic E-state index is 5.41. The highest BCUT2D eigenvalue weighted by molar-refractivity contribution is 5.86. The van der Waals surface area contributed by atoms with Crippen LogP contribution in [-0.4, -0.2) is 57.0 Å². The van der Waals surface area contributed by atoms with Gasteiger partial charge in [0.2, 0.25) is 0 Å². The van der Waals surface area contributed by atoms with Gasteiger partial charge in [0.25, 0.3) is 0 Å². The highest BCUT2D eigenvalue weighted by Crippen LogP contribution is 2.46. The van der Waals surface area contributed by atoms with Gasteiger partial charge in [-0.3, -0.25) is 4.90 Å².